The molecule has 0 radical (unpaired) electrons. The van der Waals surface area contributed by atoms with E-state index in [4.69, 9.17) is 0 Å². The predicted octanol–water partition coefficient (Wildman–Crippen LogP) is 0.144. The zero-order valence-electron chi connectivity index (χ0n) is 11.0. The Morgan fingerprint density at radius 3 is 3.05 bits per heavy atom. The Hall–Kier alpha value is -2.28. The van der Waals surface area contributed by atoms with Crippen molar-refractivity contribution in [3.63, 3.8) is 0 Å². The molecule has 7 nitrogen and oxygen atoms in total. The summed E-state index contributed by atoms with van der Waals surface area (Å²) in [5.41, 5.74) is 0.555. The van der Waals surface area contributed by atoms with Crippen LogP contribution in [0.4, 0.5) is 0 Å². The summed E-state index contributed by atoms with van der Waals surface area (Å²) in [6.07, 6.45) is 6.67. The van der Waals surface area contributed by atoms with Gasteiger partial charge in [-0.15, -0.1) is 0 Å². The molecule has 0 saturated carbocycles. The molecular formula is C13H16N6O. The van der Waals surface area contributed by atoms with Crippen LogP contribution < -0.4 is 10.6 Å². The SMILES string of the molecule is O=C(NC1CCCNC1)c1ccc(-n2cncn2)nc1. The molecule has 1 aliphatic heterocycles. The van der Waals surface area contributed by atoms with Crippen LogP contribution in [0.2, 0.25) is 0 Å². The lowest BCUT2D eigenvalue weighted by Crippen LogP contribution is -2.45. The van der Waals surface area contributed by atoms with Gasteiger partial charge in [-0.25, -0.2) is 14.6 Å². The fourth-order valence-corrected chi connectivity index (χ4v) is 2.23. The highest BCUT2D eigenvalue weighted by Crippen LogP contribution is 2.06. The van der Waals surface area contributed by atoms with Crippen molar-refractivity contribution in [1.29, 1.82) is 0 Å². The molecule has 1 fully saturated rings. The van der Waals surface area contributed by atoms with Crippen molar-refractivity contribution in [1.82, 2.24) is 30.4 Å². The second kappa shape index (κ2) is 5.79. The first-order valence-corrected chi connectivity index (χ1v) is 6.65. The van der Waals surface area contributed by atoms with Crippen molar-refractivity contribution in [3.05, 3.63) is 36.5 Å². The second-order valence-corrected chi connectivity index (χ2v) is 4.76. The summed E-state index contributed by atoms with van der Waals surface area (Å²) in [5, 5.41) is 10.3. The lowest BCUT2D eigenvalue weighted by Gasteiger charge is -2.23. The van der Waals surface area contributed by atoms with Gasteiger partial charge in [-0.1, -0.05) is 0 Å². The third-order valence-electron chi connectivity index (χ3n) is 3.30. The standard InChI is InChI=1S/C13H16N6O/c20-13(18-11-2-1-5-14-7-11)10-3-4-12(16-6-10)19-9-15-8-17-19/h3-4,6,8-9,11,14H,1-2,5,7H2,(H,18,20). The van der Waals surface area contributed by atoms with E-state index in [1.807, 2.05) is 0 Å². The molecule has 7 heteroatoms. The highest BCUT2D eigenvalue weighted by atomic mass is 16.1. The number of rotatable bonds is 3. The van der Waals surface area contributed by atoms with Gasteiger partial charge >= 0.3 is 0 Å². The van der Waals surface area contributed by atoms with E-state index >= 15 is 0 Å². The fourth-order valence-electron chi connectivity index (χ4n) is 2.23. The molecule has 104 valence electrons. The summed E-state index contributed by atoms with van der Waals surface area (Å²) in [7, 11) is 0. The van der Waals surface area contributed by atoms with E-state index < -0.39 is 0 Å². The molecule has 0 bridgehead atoms. The van der Waals surface area contributed by atoms with E-state index in [1.165, 1.54) is 6.33 Å². The van der Waals surface area contributed by atoms with Gasteiger partial charge in [-0.2, -0.15) is 5.10 Å². The van der Waals surface area contributed by atoms with E-state index in [0.717, 1.165) is 25.9 Å². The minimum absolute atomic E-state index is 0.0867. The Kier molecular flexibility index (Phi) is 3.69. The molecule has 2 N–H and O–H groups in total. The number of nitrogens with one attached hydrogen (secondary N) is 2. The fraction of sp³-hybridized carbons (Fsp3) is 0.385. The van der Waals surface area contributed by atoms with E-state index in [1.54, 1.807) is 29.3 Å². The van der Waals surface area contributed by atoms with Gasteiger partial charge in [0.1, 0.15) is 12.7 Å². The van der Waals surface area contributed by atoms with E-state index in [0.29, 0.717) is 11.4 Å². The van der Waals surface area contributed by atoms with Crippen LogP contribution in [0.3, 0.4) is 0 Å². The van der Waals surface area contributed by atoms with Gasteiger partial charge in [-0.3, -0.25) is 4.79 Å². The normalized spacial score (nSPS) is 18.7. The van der Waals surface area contributed by atoms with Crippen molar-refractivity contribution in [2.75, 3.05) is 13.1 Å². The van der Waals surface area contributed by atoms with Crippen molar-refractivity contribution in [3.8, 4) is 5.82 Å². The van der Waals surface area contributed by atoms with Crippen LogP contribution in [0.25, 0.3) is 5.82 Å². The topological polar surface area (TPSA) is 84.7 Å². The minimum Gasteiger partial charge on any atom is -0.348 e. The zero-order chi connectivity index (χ0) is 13.8. The second-order valence-electron chi connectivity index (χ2n) is 4.76. The molecule has 1 amide bonds. The molecule has 1 atom stereocenters. The van der Waals surface area contributed by atoms with Gasteiger partial charge in [0.25, 0.3) is 5.91 Å². The Morgan fingerprint density at radius 1 is 1.45 bits per heavy atom. The average Bonchev–Trinajstić information content (AvgIpc) is 3.03. The molecule has 20 heavy (non-hydrogen) atoms. The lowest BCUT2D eigenvalue weighted by molar-refractivity contribution is 0.0930. The first kappa shape index (κ1) is 12.7. The first-order valence-electron chi connectivity index (χ1n) is 6.65. The average molecular weight is 272 g/mol. The van der Waals surface area contributed by atoms with Crippen molar-refractivity contribution < 1.29 is 4.79 Å². The molecule has 1 saturated heterocycles. The molecule has 3 heterocycles. The first-order chi connectivity index (χ1) is 9.83. The van der Waals surface area contributed by atoms with Crippen LogP contribution in [-0.4, -0.2) is 44.8 Å². The quantitative estimate of drug-likeness (QED) is 0.830. The van der Waals surface area contributed by atoms with Crippen LogP contribution in [0.15, 0.2) is 31.0 Å². The van der Waals surface area contributed by atoms with Crippen LogP contribution in [0.5, 0.6) is 0 Å². The van der Waals surface area contributed by atoms with Gasteiger partial charge in [-0.05, 0) is 31.5 Å². The van der Waals surface area contributed by atoms with E-state index in [9.17, 15) is 4.79 Å². The molecule has 0 aromatic carbocycles. The summed E-state index contributed by atoms with van der Waals surface area (Å²) in [4.78, 5) is 20.2. The summed E-state index contributed by atoms with van der Waals surface area (Å²) >= 11 is 0. The number of hydrogen-bond acceptors (Lipinski definition) is 5. The van der Waals surface area contributed by atoms with Gasteiger partial charge in [0, 0.05) is 18.8 Å². The van der Waals surface area contributed by atoms with Crippen molar-refractivity contribution >= 4 is 5.91 Å². The van der Waals surface area contributed by atoms with Crippen LogP contribution >= 0.6 is 0 Å². The van der Waals surface area contributed by atoms with Gasteiger partial charge < -0.3 is 10.6 Å². The molecule has 0 spiro atoms. The smallest absolute Gasteiger partial charge is 0.253 e. The van der Waals surface area contributed by atoms with Crippen LogP contribution in [0, 0.1) is 0 Å². The Labute approximate surface area is 116 Å². The molecule has 1 aliphatic rings. The maximum atomic E-state index is 12.1. The monoisotopic (exact) mass is 272 g/mol. The van der Waals surface area contributed by atoms with Crippen LogP contribution in [-0.2, 0) is 0 Å². The number of amides is 1. The Bertz CT molecular complexity index is 559. The lowest BCUT2D eigenvalue weighted by atomic mass is 10.1. The number of hydrogen-bond donors (Lipinski definition) is 2. The maximum absolute atomic E-state index is 12.1. The Balaban J connectivity index is 1.66. The number of carbonyl (C=O) groups is 1. The molecule has 3 rings (SSSR count). The molecule has 2 aromatic heterocycles. The highest BCUT2D eigenvalue weighted by molar-refractivity contribution is 5.94. The summed E-state index contributed by atoms with van der Waals surface area (Å²) in [6.45, 7) is 1.86. The van der Waals surface area contributed by atoms with Crippen LogP contribution in [0.1, 0.15) is 23.2 Å². The van der Waals surface area contributed by atoms with E-state index in [-0.39, 0.29) is 11.9 Å². The molecule has 0 aliphatic carbocycles. The summed E-state index contributed by atoms with van der Waals surface area (Å²) < 4.78 is 1.55. The number of piperidine rings is 1. The minimum atomic E-state index is -0.0867. The summed E-state index contributed by atoms with van der Waals surface area (Å²) in [5.74, 6) is 0.551. The molecule has 1 unspecified atom stereocenters. The number of aromatic nitrogens is 4. The number of nitrogens with zero attached hydrogens (tertiary/aromatic N) is 4. The third kappa shape index (κ3) is 2.83. The number of carbonyl (C=O) groups excluding carboxylic acids is 1. The zero-order valence-corrected chi connectivity index (χ0v) is 11.0. The van der Waals surface area contributed by atoms with Gasteiger partial charge in [0.2, 0.25) is 0 Å². The third-order valence-corrected chi connectivity index (χ3v) is 3.30. The molecular weight excluding hydrogens is 256 g/mol. The predicted molar refractivity (Wildman–Crippen MR) is 72.5 cm³/mol. The maximum Gasteiger partial charge on any atom is 0.253 e. The van der Waals surface area contributed by atoms with Crippen molar-refractivity contribution in [2.24, 2.45) is 0 Å². The summed E-state index contributed by atoms with van der Waals surface area (Å²) in [6, 6.07) is 3.70. The van der Waals surface area contributed by atoms with Gasteiger partial charge in [0.05, 0.1) is 5.56 Å². The largest absolute Gasteiger partial charge is 0.348 e. The highest BCUT2D eigenvalue weighted by Gasteiger charge is 2.16. The molecule has 2 aromatic rings. The number of pyridine rings is 1. The Morgan fingerprint density at radius 2 is 2.40 bits per heavy atom. The van der Waals surface area contributed by atoms with E-state index in [2.05, 4.69) is 25.7 Å². The van der Waals surface area contributed by atoms with Gasteiger partial charge in [0.15, 0.2) is 5.82 Å². The van der Waals surface area contributed by atoms with Crippen molar-refractivity contribution in [2.45, 2.75) is 18.9 Å².